The predicted octanol–water partition coefficient (Wildman–Crippen LogP) is 1.13. The van der Waals surface area contributed by atoms with Gasteiger partial charge in [0.2, 0.25) is 5.91 Å². The summed E-state index contributed by atoms with van der Waals surface area (Å²) in [5.74, 6) is 0.241. The number of aliphatic hydroxyl groups is 1. The fourth-order valence-electron chi connectivity index (χ4n) is 4.69. The minimum absolute atomic E-state index is 0.0344. The smallest absolute Gasteiger partial charge is 0.267 e. The second-order valence-corrected chi connectivity index (χ2v) is 9.50. The molecule has 28 heavy (non-hydrogen) atoms. The Morgan fingerprint density at radius 2 is 2.07 bits per heavy atom. The molecule has 2 aromatic heterocycles. The van der Waals surface area contributed by atoms with Crippen molar-refractivity contribution in [3.8, 4) is 0 Å². The van der Waals surface area contributed by atoms with Crippen molar-refractivity contribution >= 4 is 17.2 Å². The van der Waals surface area contributed by atoms with Crippen molar-refractivity contribution < 1.29 is 9.90 Å². The molecule has 0 spiro atoms. The molecule has 2 aromatic rings. The van der Waals surface area contributed by atoms with E-state index in [1.807, 2.05) is 16.2 Å². The summed E-state index contributed by atoms with van der Waals surface area (Å²) in [6.45, 7) is 7.89. The summed E-state index contributed by atoms with van der Waals surface area (Å²) in [6, 6.07) is 4.40. The number of aryl methyl sites for hydroxylation is 2. The predicted molar refractivity (Wildman–Crippen MR) is 108 cm³/mol. The molecule has 0 radical (unpaired) electrons. The van der Waals surface area contributed by atoms with Crippen molar-refractivity contribution in [1.82, 2.24) is 20.0 Å². The zero-order valence-electron chi connectivity index (χ0n) is 16.5. The van der Waals surface area contributed by atoms with Crippen LogP contribution in [0.2, 0.25) is 0 Å². The summed E-state index contributed by atoms with van der Waals surface area (Å²) in [5.41, 5.74) is 0.741. The Hall–Kier alpha value is -1.90. The highest BCUT2D eigenvalue weighted by Crippen LogP contribution is 2.43. The number of aromatic nitrogens is 2. The van der Waals surface area contributed by atoms with E-state index in [9.17, 15) is 14.7 Å². The fourth-order valence-corrected chi connectivity index (χ4v) is 5.69. The number of hydrogen-bond donors (Lipinski definition) is 3. The third-order valence-corrected chi connectivity index (χ3v) is 7.58. The van der Waals surface area contributed by atoms with Crippen molar-refractivity contribution in [3.63, 3.8) is 0 Å². The molecule has 0 aromatic carbocycles. The molecule has 4 heterocycles. The molecule has 2 atom stereocenters. The Bertz CT molecular complexity index is 917. The third-order valence-electron chi connectivity index (χ3n) is 6.36. The number of amides is 1. The molecule has 8 heteroatoms. The van der Waals surface area contributed by atoms with Gasteiger partial charge in [0.15, 0.2) is 0 Å². The summed E-state index contributed by atoms with van der Waals surface area (Å²) >= 11 is 1.86. The molecule has 2 unspecified atom stereocenters. The lowest BCUT2D eigenvalue weighted by Gasteiger charge is -2.27. The van der Waals surface area contributed by atoms with E-state index in [1.54, 1.807) is 6.92 Å². The van der Waals surface area contributed by atoms with Gasteiger partial charge in [-0.1, -0.05) is 6.92 Å². The topological polar surface area (TPSA) is 92.4 Å². The van der Waals surface area contributed by atoms with Gasteiger partial charge in [-0.05, 0) is 31.4 Å². The maximum atomic E-state index is 12.8. The number of aliphatic hydroxyl groups excluding tert-OH is 1. The van der Waals surface area contributed by atoms with Crippen molar-refractivity contribution in [2.75, 3.05) is 32.8 Å². The average molecular weight is 405 g/mol. The largest absolute Gasteiger partial charge is 0.396 e. The molecule has 2 aliphatic rings. The average Bonchev–Trinajstić information content (AvgIpc) is 3.41. The molecular formula is C20H28N4O3S. The molecule has 0 bridgehead atoms. The van der Waals surface area contributed by atoms with E-state index >= 15 is 0 Å². The molecule has 7 nitrogen and oxygen atoms in total. The van der Waals surface area contributed by atoms with Crippen LogP contribution in [0.4, 0.5) is 0 Å². The van der Waals surface area contributed by atoms with Gasteiger partial charge in [-0.15, -0.1) is 11.3 Å². The molecular weight excluding hydrogens is 376 g/mol. The summed E-state index contributed by atoms with van der Waals surface area (Å²) in [6.07, 6.45) is 1.17. The van der Waals surface area contributed by atoms with Gasteiger partial charge in [-0.25, -0.2) is 0 Å². The Kier molecular flexibility index (Phi) is 5.20. The van der Waals surface area contributed by atoms with E-state index in [4.69, 9.17) is 0 Å². The van der Waals surface area contributed by atoms with Gasteiger partial charge in [0.25, 0.3) is 5.56 Å². The first kappa shape index (κ1) is 19.4. The van der Waals surface area contributed by atoms with Gasteiger partial charge >= 0.3 is 0 Å². The first-order valence-corrected chi connectivity index (χ1v) is 10.7. The number of thiophene rings is 1. The van der Waals surface area contributed by atoms with Crippen molar-refractivity contribution in [1.29, 1.82) is 0 Å². The van der Waals surface area contributed by atoms with Crippen molar-refractivity contribution in [2.24, 2.45) is 11.3 Å². The molecule has 2 aliphatic heterocycles. The summed E-state index contributed by atoms with van der Waals surface area (Å²) in [5, 5.41) is 15.5. The summed E-state index contributed by atoms with van der Waals surface area (Å²) in [7, 11) is 0. The SMILES string of the molecule is CCc1ccc(CN2CC3CN(C(=O)Cc4c(C)[nH][nH]c4=O)CC3(CO)C2)s1. The van der Waals surface area contributed by atoms with Gasteiger partial charge < -0.3 is 15.1 Å². The van der Waals surface area contributed by atoms with E-state index in [2.05, 4.69) is 34.2 Å². The Morgan fingerprint density at radius 1 is 1.29 bits per heavy atom. The van der Waals surface area contributed by atoms with Crippen LogP contribution in [0.25, 0.3) is 0 Å². The van der Waals surface area contributed by atoms with Crippen LogP contribution in [0.5, 0.6) is 0 Å². The lowest BCUT2D eigenvalue weighted by molar-refractivity contribution is -0.130. The van der Waals surface area contributed by atoms with E-state index in [0.29, 0.717) is 24.3 Å². The van der Waals surface area contributed by atoms with Crippen molar-refractivity contribution in [2.45, 2.75) is 33.2 Å². The molecule has 2 saturated heterocycles. The summed E-state index contributed by atoms with van der Waals surface area (Å²) < 4.78 is 0. The van der Waals surface area contributed by atoms with Crippen LogP contribution in [0.15, 0.2) is 16.9 Å². The Labute approximate surface area is 168 Å². The van der Waals surface area contributed by atoms with Crippen LogP contribution in [0.1, 0.15) is 27.9 Å². The maximum absolute atomic E-state index is 12.8. The van der Waals surface area contributed by atoms with Crippen LogP contribution < -0.4 is 5.56 Å². The van der Waals surface area contributed by atoms with Crippen LogP contribution >= 0.6 is 11.3 Å². The molecule has 4 rings (SSSR count). The standard InChI is InChI=1S/C20H28N4O3S/c1-3-15-4-5-16(28-15)9-23-7-14-8-24(11-20(14,10-23)12-25)18(26)6-17-13(2)21-22-19(17)27/h4-5,14,25H,3,6-12H2,1-2H3,(H2,21,22,27). The molecule has 0 saturated carbocycles. The number of nitrogens with one attached hydrogen (secondary N) is 2. The maximum Gasteiger partial charge on any atom is 0.267 e. The minimum atomic E-state index is -0.250. The fraction of sp³-hybridized carbons (Fsp3) is 0.600. The second kappa shape index (κ2) is 7.50. The lowest BCUT2D eigenvalue weighted by atomic mass is 9.82. The number of nitrogens with zero attached hydrogens (tertiary/aromatic N) is 2. The van der Waals surface area contributed by atoms with Gasteiger partial charge in [0.05, 0.1) is 13.0 Å². The molecule has 152 valence electrons. The van der Waals surface area contributed by atoms with Gasteiger partial charge in [-0.3, -0.25) is 19.6 Å². The molecule has 3 N–H and O–H groups in total. The first-order valence-electron chi connectivity index (χ1n) is 9.89. The number of carbonyl (C=O) groups is 1. The number of rotatable bonds is 6. The highest BCUT2D eigenvalue weighted by molar-refractivity contribution is 7.11. The van der Waals surface area contributed by atoms with E-state index in [1.165, 1.54) is 9.75 Å². The second-order valence-electron chi connectivity index (χ2n) is 8.24. The van der Waals surface area contributed by atoms with E-state index in [0.717, 1.165) is 26.1 Å². The highest BCUT2D eigenvalue weighted by Gasteiger charge is 2.53. The Balaban J connectivity index is 1.40. The number of fused-ring (bicyclic) bond motifs is 1. The number of aromatic amines is 2. The van der Waals surface area contributed by atoms with Crippen LogP contribution in [-0.4, -0.2) is 63.8 Å². The first-order chi connectivity index (χ1) is 13.4. The monoisotopic (exact) mass is 404 g/mol. The minimum Gasteiger partial charge on any atom is -0.396 e. The Morgan fingerprint density at radius 3 is 2.68 bits per heavy atom. The molecule has 2 fully saturated rings. The quantitative estimate of drug-likeness (QED) is 0.673. The van der Waals surface area contributed by atoms with Gasteiger partial charge in [-0.2, -0.15) is 0 Å². The summed E-state index contributed by atoms with van der Waals surface area (Å²) in [4.78, 5) is 31.6. The number of hydrogen-bond acceptors (Lipinski definition) is 5. The molecule has 1 amide bonds. The third kappa shape index (κ3) is 3.44. The van der Waals surface area contributed by atoms with Crippen LogP contribution in [0, 0.1) is 18.3 Å². The lowest BCUT2D eigenvalue weighted by Crippen LogP contribution is -2.39. The zero-order valence-corrected chi connectivity index (χ0v) is 17.3. The normalized spacial score (nSPS) is 24.8. The number of H-pyrrole nitrogens is 2. The highest BCUT2D eigenvalue weighted by atomic mass is 32.1. The van der Waals surface area contributed by atoms with E-state index in [-0.39, 0.29) is 35.8 Å². The van der Waals surface area contributed by atoms with E-state index < -0.39 is 0 Å². The van der Waals surface area contributed by atoms with Crippen molar-refractivity contribution in [3.05, 3.63) is 43.5 Å². The van der Waals surface area contributed by atoms with Gasteiger partial charge in [0.1, 0.15) is 0 Å². The van der Waals surface area contributed by atoms with Crippen LogP contribution in [0.3, 0.4) is 0 Å². The van der Waals surface area contributed by atoms with Gasteiger partial charge in [0, 0.05) is 59.2 Å². The number of carbonyl (C=O) groups excluding carboxylic acids is 1. The number of likely N-dealkylation sites (tertiary alicyclic amines) is 2. The van der Waals surface area contributed by atoms with Crippen LogP contribution in [-0.2, 0) is 24.2 Å². The molecule has 0 aliphatic carbocycles. The zero-order chi connectivity index (χ0) is 19.9.